The minimum Gasteiger partial charge on any atom is -0.322 e. The molecule has 0 aromatic heterocycles. The Labute approximate surface area is 201 Å². The van der Waals surface area contributed by atoms with E-state index in [0.29, 0.717) is 18.4 Å². The summed E-state index contributed by atoms with van der Waals surface area (Å²) in [5, 5.41) is 2.20. The molecule has 0 saturated heterocycles. The summed E-state index contributed by atoms with van der Waals surface area (Å²) in [6, 6.07) is 11.4. The second-order valence-corrected chi connectivity index (χ2v) is 10.1. The number of amides is 1. The van der Waals surface area contributed by atoms with Gasteiger partial charge in [-0.25, -0.2) is 13.4 Å². The van der Waals surface area contributed by atoms with Crippen LogP contribution >= 0.6 is 11.6 Å². The Hall–Kier alpha value is -2.91. The summed E-state index contributed by atoms with van der Waals surface area (Å²) in [7, 11) is -3.77. The minimum absolute atomic E-state index is 0.0341. The zero-order valence-electron chi connectivity index (χ0n) is 18.2. The van der Waals surface area contributed by atoms with E-state index in [1.165, 1.54) is 18.2 Å². The zero-order valence-corrected chi connectivity index (χ0v) is 19.8. The van der Waals surface area contributed by atoms with Gasteiger partial charge in [-0.05, 0) is 61.6 Å². The van der Waals surface area contributed by atoms with E-state index in [9.17, 15) is 26.4 Å². The number of carbonyl (C=O) groups excluding carboxylic acids is 1. The molecular weight excluding hydrogens is 489 g/mol. The maximum absolute atomic E-state index is 12.9. The summed E-state index contributed by atoms with van der Waals surface area (Å²) in [6.07, 6.45) is -1.05. The molecule has 1 amide bonds. The Bertz CT molecular complexity index is 1280. The van der Waals surface area contributed by atoms with E-state index in [-0.39, 0.29) is 33.5 Å². The van der Waals surface area contributed by atoms with Gasteiger partial charge >= 0.3 is 6.18 Å². The molecule has 3 rings (SSSR count). The van der Waals surface area contributed by atoms with Crippen molar-refractivity contribution < 1.29 is 26.4 Å². The van der Waals surface area contributed by atoms with Crippen molar-refractivity contribution in [1.82, 2.24) is 0 Å². The van der Waals surface area contributed by atoms with Gasteiger partial charge in [0.25, 0.3) is 5.91 Å². The second kappa shape index (κ2) is 10.6. The molecule has 5 nitrogen and oxygen atoms in total. The van der Waals surface area contributed by atoms with Gasteiger partial charge in [0.2, 0.25) is 0 Å². The molecule has 0 spiro atoms. The molecule has 2 aromatic rings. The summed E-state index contributed by atoms with van der Waals surface area (Å²) in [5.74, 6) is -0.908. The van der Waals surface area contributed by atoms with Crippen molar-refractivity contribution in [1.29, 1.82) is 0 Å². The van der Waals surface area contributed by atoms with Gasteiger partial charge in [0.1, 0.15) is 0 Å². The highest BCUT2D eigenvalue weighted by Gasteiger charge is 2.30. The van der Waals surface area contributed by atoms with Crippen LogP contribution in [-0.2, 0) is 26.6 Å². The summed E-state index contributed by atoms with van der Waals surface area (Å²) in [4.78, 5) is 16.8. The SMILES string of the molecule is Cc1ccccc1CS(=O)(=O)C1=C\CCC\C(C(=O)Nc2cccc(C(F)(F)F)c2)=C(Cl)/C=N/1. The first kappa shape index (κ1) is 25.7. The molecular formula is C24H22ClF3N2O3S. The van der Waals surface area contributed by atoms with Crippen LogP contribution in [0.25, 0.3) is 0 Å². The number of alkyl halides is 3. The van der Waals surface area contributed by atoms with Gasteiger partial charge < -0.3 is 5.32 Å². The Morgan fingerprint density at radius 1 is 1.15 bits per heavy atom. The topological polar surface area (TPSA) is 75.6 Å². The molecule has 34 heavy (non-hydrogen) atoms. The van der Waals surface area contributed by atoms with Crippen molar-refractivity contribution in [3.8, 4) is 0 Å². The normalized spacial score (nSPS) is 19.9. The smallest absolute Gasteiger partial charge is 0.322 e. The molecule has 0 atom stereocenters. The first-order valence-corrected chi connectivity index (χ1v) is 12.4. The van der Waals surface area contributed by atoms with Gasteiger partial charge in [0.05, 0.1) is 16.3 Å². The molecule has 1 aliphatic heterocycles. The first-order valence-electron chi connectivity index (χ1n) is 10.4. The molecule has 1 N–H and O–H groups in total. The largest absolute Gasteiger partial charge is 0.416 e. The number of rotatable bonds is 5. The van der Waals surface area contributed by atoms with Gasteiger partial charge in [0, 0.05) is 17.5 Å². The van der Waals surface area contributed by atoms with Crippen molar-refractivity contribution in [2.45, 2.75) is 38.1 Å². The van der Waals surface area contributed by atoms with E-state index in [4.69, 9.17) is 11.6 Å². The molecule has 2 aromatic carbocycles. The molecule has 180 valence electrons. The zero-order chi connectivity index (χ0) is 24.9. The molecule has 0 bridgehead atoms. The molecule has 0 saturated carbocycles. The van der Waals surface area contributed by atoms with Crippen LogP contribution in [0.15, 0.2) is 75.2 Å². The van der Waals surface area contributed by atoms with Crippen LogP contribution in [0, 0.1) is 6.92 Å². The summed E-state index contributed by atoms with van der Waals surface area (Å²) in [5.41, 5.74) is 0.669. The molecule has 0 fully saturated rings. The number of hydrogen-bond acceptors (Lipinski definition) is 4. The average molecular weight is 511 g/mol. The molecule has 10 heteroatoms. The van der Waals surface area contributed by atoms with Crippen LogP contribution in [0.2, 0.25) is 0 Å². The Kier molecular flexibility index (Phi) is 7.99. The number of sulfone groups is 1. The fraction of sp³-hybridized carbons (Fsp3) is 0.250. The third-order valence-corrected chi connectivity index (χ3v) is 7.12. The quantitative estimate of drug-likeness (QED) is 0.523. The molecule has 0 radical (unpaired) electrons. The van der Waals surface area contributed by atoms with Crippen LogP contribution in [0.3, 0.4) is 0 Å². The number of nitrogens with zero attached hydrogens (tertiary/aromatic N) is 1. The lowest BCUT2D eigenvalue weighted by molar-refractivity contribution is -0.137. The van der Waals surface area contributed by atoms with Gasteiger partial charge in [0.15, 0.2) is 14.9 Å². The lowest BCUT2D eigenvalue weighted by Gasteiger charge is -2.12. The van der Waals surface area contributed by atoms with E-state index in [0.717, 1.165) is 23.9 Å². The fourth-order valence-electron chi connectivity index (χ4n) is 3.33. The van der Waals surface area contributed by atoms with Crippen molar-refractivity contribution in [3.05, 3.63) is 86.9 Å². The number of aryl methyl sites for hydroxylation is 1. The van der Waals surface area contributed by atoms with Crippen molar-refractivity contribution in [2.75, 3.05) is 5.32 Å². The van der Waals surface area contributed by atoms with E-state index in [1.807, 2.05) is 19.1 Å². The highest BCUT2D eigenvalue weighted by atomic mass is 35.5. The predicted octanol–water partition coefficient (Wildman–Crippen LogP) is 6.16. The average Bonchev–Trinajstić information content (AvgIpc) is 2.85. The van der Waals surface area contributed by atoms with Crippen LogP contribution < -0.4 is 5.32 Å². The van der Waals surface area contributed by atoms with E-state index >= 15 is 0 Å². The molecule has 1 aliphatic rings. The highest BCUT2D eigenvalue weighted by molar-refractivity contribution is 7.94. The predicted molar refractivity (Wildman–Crippen MR) is 127 cm³/mol. The van der Waals surface area contributed by atoms with Crippen molar-refractivity contribution in [3.63, 3.8) is 0 Å². The number of hydrogen-bond donors (Lipinski definition) is 1. The number of halogens is 4. The van der Waals surface area contributed by atoms with Gasteiger partial charge in [-0.15, -0.1) is 0 Å². The number of nitrogens with one attached hydrogen (secondary N) is 1. The molecule has 1 heterocycles. The van der Waals surface area contributed by atoms with E-state index < -0.39 is 27.5 Å². The van der Waals surface area contributed by atoms with Gasteiger partial charge in [-0.2, -0.15) is 13.2 Å². The maximum atomic E-state index is 12.9. The molecule has 0 aliphatic carbocycles. The lowest BCUT2D eigenvalue weighted by atomic mass is 10.1. The number of aliphatic imine (C=N–C) groups is 1. The maximum Gasteiger partial charge on any atom is 0.416 e. The summed E-state index contributed by atoms with van der Waals surface area (Å²) < 4.78 is 64.7. The Morgan fingerprint density at radius 3 is 2.59 bits per heavy atom. The van der Waals surface area contributed by atoms with Crippen LogP contribution in [0.4, 0.5) is 18.9 Å². The van der Waals surface area contributed by atoms with Gasteiger partial charge in [-0.1, -0.05) is 41.9 Å². The fourth-order valence-corrected chi connectivity index (χ4v) is 5.03. The van der Waals surface area contributed by atoms with Crippen molar-refractivity contribution in [2.24, 2.45) is 4.99 Å². The Balaban J connectivity index is 1.82. The standard InChI is InChI=1S/C24H22ClF3N2O3S/c1-16-7-2-3-8-17(16)15-34(32,33)22-12-5-4-11-20(21(25)14-29-22)23(31)30-19-10-6-9-18(13-19)24(26,27)28/h2-3,6-10,12-14H,4-5,11,15H2,1H3,(H,30,31)/b21-20-,22-12+,29-14+. The monoisotopic (exact) mass is 510 g/mol. The highest BCUT2D eigenvalue weighted by Crippen LogP contribution is 2.31. The van der Waals surface area contributed by atoms with Crippen LogP contribution in [0.1, 0.15) is 36.0 Å². The third kappa shape index (κ3) is 6.57. The number of anilines is 1. The lowest BCUT2D eigenvalue weighted by Crippen LogP contribution is -2.16. The third-order valence-electron chi connectivity index (χ3n) is 5.19. The van der Waals surface area contributed by atoms with Crippen LogP contribution in [-0.4, -0.2) is 20.5 Å². The van der Waals surface area contributed by atoms with E-state index in [1.54, 1.807) is 12.1 Å². The van der Waals surface area contributed by atoms with Crippen molar-refractivity contribution >= 4 is 39.2 Å². The molecule has 0 unspecified atom stereocenters. The van der Waals surface area contributed by atoms with E-state index in [2.05, 4.69) is 10.3 Å². The van der Waals surface area contributed by atoms with Gasteiger partial charge in [-0.3, -0.25) is 4.79 Å². The Morgan fingerprint density at radius 2 is 1.88 bits per heavy atom. The minimum atomic E-state index is -4.55. The summed E-state index contributed by atoms with van der Waals surface area (Å²) >= 11 is 6.27. The number of benzene rings is 2. The first-order chi connectivity index (χ1) is 16.0. The number of allylic oxidation sites excluding steroid dienone is 2. The second-order valence-electron chi connectivity index (χ2n) is 7.74. The summed E-state index contributed by atoms with van der Waals surface area (Å²) in [6.45, 7) is 1.82. The number of carbonyl (C=O) groups is 1. The van der Waals surface area contributed by atoms with Crippen LogP contribution in [0.5, 0.6) is 0 Å².